The minimum absolute atomic E-state index is 0.00223. The van der Waals surface area contributed by atoms with Gasteiger partial charge in [0.05, 0.1) is 6.10 Å². The SMILES string of the molecule is OC1=C[C@@H](C2Oc3cc(O)cc(O)c3C[C@H]2O)CC(O)=C1O. The monoisotopic (exact) mass is 308 g/mol. The maximum Gasteiger partial charge on any atom is 0.195 e. The van der Waals surface area contributed by atoms with Gasteiger partial charge < -0.3 is 35.4 Å². The van der Waals surface area contributed by atoms with Crippen LogP contribution in [0.25, 0.3) is 0 Å². The molecule has 3 rings (SSSR count). The van der Waals surface area contributed by atoms with Gasteiger partial charge in [0.2, 0.25) is 0 Å². The molecule has 1 aliphatic carbocycles. The van der Waals surface area contributed by atoms with E-state index in [9.17, 15) is 30.6 Å². The molecule has 118 valence electrons. The minimum atomic E-state index is -0.981. The number of phenols is 2. The maximum absolute atomic E-state index is 10.2. The van der Waals surface area contributed by atoms with Crippen molar-refractivity contribution in [2.24, 2.45) is 5.92 Å². The lowest BCUT2D eigenvalue weighted by Gasteiger charge is -2.35. The first-order valence-corrected chi connectivity index (χ1v) is 6.78. The minimum Gasteiger partial charge on any atom is -0.508 e. The van der Waals surface area contributed by atoms with Gasteiger partial charge in [-0.15, -0.1) is 0 Å². The first kappa shape index (κ1) is 14.4. The molecule has 0 saturated heterocycles. The van der Waals surface area contributed by atoms with E-state index in [0.29, 0.717) is 5.56 Å². The standard InChI is InChI=1S/C15H16O7/c16-7-3-9(17)8-5-12(20)15(22-13(8)4-7)6-1-10(18)14(21)11(19)2-6/h1,3-4,6,12,15-21H,2,5H2/t6-,12-,15?/m1/s1. The number of hydrogen-bond donors (Lipinski definition) is 6. The van der Waals surface area contributed by atoms with Gasteiger partial charge in [-0.25, -0.2) is 0 Å². The average molecular weight is 308 g/mol. The molecule has 6 N–H and O–H groups in total. The van der Waals surface area contributed by atoms with E-state index < -0.39 is 29.6 Å². The fraction of sp³-hybridized carbons (Fsp3) is 0.333. The molecule has 0 fully saturated rings. The van der Waals surface area contributed by atoms with Crippen LogP contribution in [0.5, 0.6) is 17.2 Å². The van der Waals surface area contributed by atoms with E-state index in [0.717, 1.165) is 6.07 Å². The Morgan fingerprint density at radius 1 is 1.00 bits per heavy atom. The van der Waals surface area contributed by atoms with Crippen molar-refractivity contribution in [3.8, 4) is 17.2 Å². The third-order valence-corrected chi connectivity index (χ3v) is 3.96. The number of phenolic OH excluding ortho intramolecular Hbond substituents is 2. The van der Waals surface area contributed by atoms with E-state index >= 15 is 0 Å². The van der Waals surface area contributed by atoms with Crippen LogP contribution in [0.3, 0.4) is 0 Å². The van der Waals surface area contributed by atoms with Crippen LogP contribution in [0.4, 0.5) is 0 Å². The Bertz CT molecular complexity index is 677. The van der Waals surface area contributed by atoms with Gasteiger partial charge in [-0.1, -0.05) is 0 Å². The molecular weight excluding hydrogens is 292 g/mol. The number of allylic oxidation sites excluding steroid dienone is 1. The summed E-state index contributed by atoms with van der Waals surface area (Å²) in [5, 5.41) is 58.2. The predicted molar refractivity (Wildman–Crippen MR) is 75.0 cm³/mol. The molecule has 0 radical (unpaired) electrons. The van der Waals surface area contributed by atoms with Crippen molar-refractivity contribution in [2.75, 3.05) is 0 Å². The Labute approximate surface area is 125 Å². The number of benzene rings is 1. The summed E-state index contributed by atoms with van der Waals surface area (Å²) < 4.78 is 5.64. The zero-order chi connectivity index (χ0) is 16.0. The van der Waals surface area contributed by atoms with Crippen LogP contribution in [0.1, 0.15) is 12.0 Å². The van der Waals surface area contributed by atoms with E-state index in [-0.39, 0.29) is 35.8 Å². The highest BCUT2D eigenvalue weighted by Gasteiger charge is 2.38. The largest absolute Gasteiger partial charge is 0.508 e. The maximum atomic E-state index is 10.2. The molecule has 1 heterocycles. The van der Waals surface area contributed by atoms with Crippen LogP contribution in [-0.4, -0.2) is 42.8 Å². The fourth-order valence-corrected chi connectivity index (χ4v) is 2.87. The van der Waals surface area contributed by atoms with Crippen LogP contribution < -0.4 is 4.74 Å². The molecule has 0 saturated carbocycles. The van der Waals surface area contributed by atoms with Crippen LogP contribution in [0, 0.1) is 5.92 Å². The lowest BCUT2D eigenvalue weighted by molar-refractivity contribution is -0.00628. The predicted octanol–water partition coefficient (Wildman–Crippen LogP) is 1.55. The number of fused-ring (bicyclic) bond motifs is 1. The number of aromatic hydroxyl groups is 2. The lowest BCUT2D eigenvalue weighted by Crippen LogP contribution is -2.43. The van der Waals surface area contributed by atoms with Gasteiger partial charge in [-0.2, -0.15) is 0 Å². The molecule has 2 aliphatic rings. The lowest BCUT2D eigenvalue weighted by atomic mass is 9.85. The van der Waals surface area contributed by atoms with Gasteiger partial charge in [0.1, 0.15) is 29.1 Å². The quantitative estimate of drug-likeness (QED) is 0.464. The molecular formula is C15H16O7. The Hall–Kier alpha value is -2.54. The summed E-state index contributed by atoms with van der Waals surface area (Å²) in [5.74, 6) is -2.12. The van der Waals surface area contributed by atoms with Gasteiger partial charge in [-0.3, -0.25) is 0 Å². The normalized spacial score (nSPS) is 27.9. The second kappa shape index (κ2) is 5.03. The highest BCUT2D eigenvalue weighted by Crippen LogP contribution is 2.41. The third-order valence-electron chi connectivity index (χ3n) is 3.96. The molecule has 7 nitrogen and oxygen atoms in total. The highest BCUT2D eigenvalue weighted by molar-refractivity contribution is 5.51. The van der Waals surface area contributed by atoms with Gasteiger partial charge in [0.15, 0.2) is 11.5 Å². The van der Waals surface area contributed by atoms with Crippen LogP contribution in [0.15, 0.2) is 35.5 Å². The fourth-order valence-electron chi connectivity index (χ4n) is 2.87. The number of ether oxygens (including phenoxy) is 1. The number of rotatable bonds is 1. The second-order valence-corrected chi connectivity index (χ2v) is 5.51. The first-order valence-electron chi connectivity index (χ1n) is 6.78. The Kier molecular flexibility index (Phi) is 3.29. The van der Waals surface area contributed by atoms with Gasteiger partial charge >= 0.3 is 0 Å². The van der Waals surface area contributed by atoms with E-state index in [1.54, 1.807) is 0 Å². The van der Waals surface area contributed by atoms with Crippen molar-refractivity contribution < 1.29 is 35.4 Å². The van der Waals surface area contributed by atoms with Crippen molar-refractivity contribution in [3.05, 3.63) is 41.0 Å². The smallest absolute Gasteiger partial charge is 0.195 e. The van der Waals surface area contributed by atoms with Gasteiger partial charge in [-0.05, 0) is 6.08 Å². The second-order valence-electron chi connectivity index (χ2n) is 5.51. The summed E-state index contributed by atoms with van der Waals surface area (Å²) >= 11 is 0. The Balaban J connectivity index is 1.91. The topological polar surface area (TPSA) is 131 Å². The molecule has 1 aromatic rings. The highest BCUT2D eigenvalue weighted by atomic mass is 16.5. The molecule has 1 aliphatic heterocycles. The summed E-state index contributed by atoms with van der Waals surface area (Å²) in [6.45, 7) is 0. The third kappa shape index (κ3) is 2.29. The number of hydrogen-bond acceptors (Lipinski definition) is 7. The van der Waals surface area contributed by atoms with E-state index in [1.807, 2.05) is 0 Å². The zero-order valence-corrected chi connectivity index (χ0v) is 11.5. The van der Waals surface area contributed by atoms with Crippen molar-refractivity contribution in [2.45, 2.75) is 25.0 Å². The molecule has 3 atom stereocenters. The molecule has 0 aromatic heterocycles. The molecule has 0 amide bonds. The first-order chi connectivity index (χ1) is 10.4. The van der Waals surface area contributed by atoms with E-state index in [2.05, 4.69) is 0 Å². The molecule has 1 aromatic carbocycles. The molecule has 7 heteroatoms. The summed E-state index contributed by atoms with van der Waals surface area (Å²) in [6, 6.07) is 2.49. The number of aliphatic hydroxyl groups excluding tert-OH is 4. The molecule has 22 heavy (non-hydrogen) atoms. The van der Waals surface area contributed by atoms with Crippen molar-refractivity contribution in [3.63, 3.8) is 0 Å². The van der Waals surface area contributed by atoms with Crippen LogP contribution >= 0.6 is 0 Å². The van der Waals surface area contributed by atoms with E-state index in [1.165, 1.54) is 12.1 Å². The summed E-state index contributed by atoms with van der Waals surface area (Å²) in [5.41, 5.74) is 0.383. The summed E-state index contributed by atoms with van der Waals surface area (Å²) in [4.78, 5) is 0. The van der Waals surface area contributed by atoms with Crippen LogP contribution in [-0.2, 0) is 6.42 Å². The van der Waals surface area contributed by atoms with Gasteiger partial charge in [0.25, 0.3) is 0 Å². The average Bonchev–Trinajstić information content (AvgIpc) is 2.44. The molecule has 0 bridgehead atoms. The van der Waals surface area contributed by atoms with Crippen molar-refractivity contribution >= 4 is 0 Å². The Morgan fingerprint density at radius 3 is 2.41 bits per heavy atom. The van der Waals surface area contributed by atoms with Crippen molar-refractivity contribution in [1.29, 1.82) is 0 Å². The van der Waals surface area contributed by atoms with Crippen molar-refractivity contribution in [1.82, 2.24) is 0 Å². The number of aliphatic hydroxyl groups is 4. The van der Waals surface area contributed by atoms with Crippen LogP contribution in [0.2, 0.25) is 0 Å². The van der Waals surface area contributed by atoms with Gasteiger partial charge in [0, 0.05) is 36.5 Å². The zero-order valence-electron chi connectivity index (χ0n) is 11.5. The van der Waals surface area contributed by atoms with E-state index in [4.69, 9.17) is 4.74 Å². The molecule has 0 spiro atoms. The Morgan fingerprint density at radius 2 is 1.73 bits per heavy atom. The molecule has 1 unspecified atom stereocenters. The summed E-state index contributed by atoms with van der Waals surface area (Å²) in [7, 11) is 0. The summed E-state index contributed by atoms with van der Waals surface area (Å²) in [6.07, 6.45) is -0.377.